The van der Waals surface area contributed by atoms with Crippen molar-refractivity contribution in [1.82, 2.24) is 20.3 Å². The summed E-state index contributed by atoms with van der Waals surface area (Å²) in [5, 5.41) is 10.9. The zero-order valence-corrected chi connectivity index (χ0v) is 15.0. The minimum absolute atomic E-state index is 0.0280. The highest BCUT2D eigenvalue weighted by atomic mass is 16.5. The normalized spacial score (nSPS) is 16.7. The van der Waals surface area contributed by atoms with Crippen LogP contribution in [0.25, 0.3) is 11.0 Å². The third kappa shape index (κ3) is 3.48. The Morgan fingerprint density at radius 1 is 1.37 bits per heavy atom. The van der Waals surface area contributed by atoms with Crippen LogP contribution in [0.15, 0.2) is 39.5 Å². The van der Waals surface area contributed by atoms with Crippen LogP contribution in [0.4, 0.5) is 0 Å². The molecule has 2 aromatic heterocycles. The molecule has 140 valence electrons. The predicted octanol–water partition coefficient (Wildman–Crippen LogP) is 1.97. The van der Waals surface area contributed by atoms with E-state index >= 15 is 0 Å². The summed E-state index contributed by atoms with van der Waals surface area (Å²) in [6, 6.07) is 9.31. The van der Waals surface area contributed by atoms with Gasteiger partial charge in [-0.2, -0.15) is 0 Å². The second-order valence-corrected chi connectivity index (χ2v) is 6.55. The maximum Gasteiger partial charge on any atom is 0.349 e. The first-order valence-electron chi connectivity index (χ1n) is 8.96. The molecule has 0 spiro atoms. The van der Waals surface area contributed by atoms with Crippen molar-refractivity contribution in [2.24, 2.45) is 0 Å². The van der Waals surface area contributed by atoms with Gasteiger partial charge >= 0.3 is 5.63 Å². The van der Waals surface area contributed by atoms with E-state index in [0.29, 0.717) is 31.0 Å². The molecule has 0 bridgehead atoms. The molecule has 1 aliphatic heterocycles. The van der Waals surface area contributed by atoms with Crippen LogP contribution in [0.2, 0.25) is 0 Å². The number of fused-ring (bicyclic) bond motifs is 1. The van der Waals surface area contributed by atoms with Gasteiger partial charge in [-0.05, 0) is 43.5 Å². The molecule has 1 fully saturated rings. The highest BCUT2D eigenvalue weighted by Gasteiger charge is 2.24. The lowest BCUT2D eigenvalue weighted by Crippen LogP contribution is -2.32. The van der Waals surface area contributed by atoms with E-state index in [-0.39, 0.29) is 11.7 Å². The Kier molecular flexibility index (Phi) is 4.72. The molecule has 3 aromatic rings. The first-order chi connectivity index (χ1) is 13.1. The van der Waals surface area contributed by atoms with Gasteiger partial charge in [0, 0.05) is 13.2 Å². The van der Waals surface area contributed by atoms with Crippen molar-refractivity contribution < 1.29 is 13.9 Å². The van der Waals surface area contributed by atoms with E-state index in [1.54, 1.807) is 17.7 Å². The number of para-hydroxylation sites is 1. The van der Waals surface area contributed by atoms with Gasteiger partial charge in [-0.1, -0.05) is 17.3 Å². The highest BCUT2D eigenvalue weighted by molar-refractivity contribution is 5.95. The van der Waals surface area contributed by atoms with E-state index in [1.807, 2.05) is 24.3 Å². The Balaban J connectivity index is 1.44. The zero-order valence-electron chi connectivity index (χ0n) is 15.0. The fourth-order valence-corrected chi connectivity index (χ4v) is 3.31. The second kappa shape index (κ2) is 7.32. The number of hydrogen-bond donors (Lipinski definition) is 1. The number of hydrogen-bond acceptors (Lipinski definition) is 6. The van der Waals surface area contributed by atoms with E-state index < -0.39 is 11.5 Å². The Morgan fingerprint density at radius 2 is 2.22 bits per heavy atom. The van der Waals surface area contributed by atoms with Gasteiger partial charge in [-0.25, -0.2) is 9.48 Å². The molecular weight excluding hydrogens is 348 g/mol. The Morgan fingerprint density at radius 3 is 3.00 bits per heavy atom. The van der Waals surface area contributed by atoms with Crippen LogP contribution in [0.5, 0.6) is 0 Å². The number of nitrogens with one attached hydrogen (secondary N) is 1. The van der Waals surface area contributed by atoms with Crippen LogP contribution in [0, 0.1) is 6.92 Å². The van der Waals surface area contributed by atoms with Crippen molar-refractivity contribution >= 4 is 16.9 Å². The molecule has 0 aliphatic carbocycles. The van der Waals surface area contributed by atoms with Crippen molar-refractivity contribution in [1.29, 1.82) is 0 Å². The fourth-order valence-electron chi connectivity index (χ4n) is 3.31. The van der Waals surface area contributed by atoms with Crippen LogP contribution in [0.3, 0.4) is 0 Å². The van der Waals surface area contributed by atoms with E-state index in [2.05, 4.69) is 15.6 Å². The summed E-state index contributed by atoms with van der Waals surface area (Å²) in [4.78, 5) is 24.8. The molecular formula is C19H20N4O4. The summed E-state index contributed by atoms with van der Waals surface area (Å²) in [7, 11) is 0. The smallest absolute Gasteiger partial charge is 0.349 e. The maximum absolute atomic E-state index is 12.5. The summed E-state index contributed by atoms with van der Waals surface area (Å²) >= 11 is 0. The minimum Gasteiger partial charge on any atom is -0.424 e. The standard InChI is InChI=1S/C19H20N4O4/c1-12-11-16(15-7-4-10-26-15)27-19(25)17(12)18(24)20-8-9-23-14-6-3-2-5-13(14)21-22-23/h2-3,5-6,11,15H,4,7-10H2,1H3,(H,20,24). The molecule has 3 heterocycles. The third-order valence-corrected chi connectivity index (χ3v) is 4.67. The van der Waals surface area contributed by atoms with E-state index in [4.69, 9.17) is 9.15 Å². The zero-order chi connectivity index (χ0) is 18.8. The highest BCUT2D eigenvalue weighted by Crippen LogP contribution is 2.28. The van der Waals surface area contributed by atoms with Gasteiger partial charge in [0.25, 0.3) is 5.91 Å². The first kappa shape index (κ1) is 17.4. The second-order valence-electron chi connectivity index (χ2n) is 6.55. The monoisotopic (exact) mass is 368 g/mol. The maximum atomic E-state index is 12.5. The van der Waals surface area contributed by atoms with Crippen molar-refractivity contribution in [3.8, 4) is 0 Å². The minimum atomic E-state index is -0.635. The SMILES string of the molecule is Cc1cc(C2CCCO2)oc(=O)c1C(=O)NCCn1nnc2ccccc21. The predicted molar refractivity (Wildman–Crippen MR) is 97.5 cm³/mol. The lowest BCUT2D eigenvalue weighted by molar-refractivity contribution is 0.0883. The largest absolute Gasteiger partial charge is 0.424 e. The summed E-state index contributed by atoms with van der Waals surface area (Å²) in [6.07, 6.45) is 1.56. The number of carbonyl (C=O) groups excluding carboxylic acids is 1. The van der Waals surface area contributed by atoms with Crippen molar-refractivity contribution in [3.63, 3.8) is 0 Å². The van der Waals surface area contributed by atoms with Gasteiger partial charge in [0.1, 0.15) is 22.9 Å². The van der Waals surface area contributed by atoms with Crippen molar-refractivity contribution in [2.75, 3.05) is 13.2 Å². The molecule has 1 atom stereocenters. The Bertz CT molecular complexity index is 1030. The lowest BCUT2D eigenvalue weighted by Gasteiger charge is -2.11. The molecule has 0 saturated carbocycles. The quantitative estimate of drug-likeness (QED) is 0.739. The first-order valence-corrected chi connectivity index (χ1v) is 8.96. The number of nitrogens with zero attached hydrogens (tertiary/aromatic N) is 3. The Labute approximate surface area is 155 Å². The summed E-state index contributed by atoms with van der Waals surface area (Å²) < 4.78 is 12.6. The van der Waals surface area contributed by atoms with Crippen molar-refractivity contribution in [2.45, 2.75) is 32.4 Å². The third-order valence-electron chi connectivity index (χ3n) is 4.67. The van der Waals surface area contributed by atoms with Gasteiger partial charge < -0.3 is 14.5 Å². The molecule has 27 heavy (non-hydrogen) atoms. The summed E-state index contributed by atoms with van der Waals surface area (Å²) in [6.45, 7) is 3.16. The van der Waals surface area contributed by atoms with Gasteiger partial charge in [-0.3, -0.25) is 4.79 Å². The van der Waals surface area contributed by atoms with E-state index in [9.17, 15) is 9.59 Å². The molecule has 1 unspecified atom stereocenters. The van der Waals surface area contributed by atoms with Crippen LogP contribution in [-0.2, 0) is 11.3 Å². The average Bonchev–Trinajstić information content (AvgIpc) is 3.31. The summed E-state index contributed by atoms with van der Waals surface area (Å²) in [5.41, 5.74) is 1.67. The van der Waals surface area contributed by atoms with E-state index in [0.717, 1.165) is 23.9 Å². The fraction of sp³-hybridized carbons (Fsp3) is 0.368. The lowest BCUT2D eigenvalue weighted by atomic mass is 10.1. The van der Waals surface area contributed by atoms with Gasteiger partial charge in [0.2, 0.25) is 0 Å². The topological polar surface area (TPSA) is 99.2 Å². The van der Waals surface area contributed by atoms with Gasteiger partial charge in [-0.15, -0.1) is 5.10 Å². The molecule has 1 N–H and O–H groups in total. The number of aryl methyl sites for hydroxylation is 1. The molecule has 1 amide bonds. The van der Waals surface area contributed by atoms with Crippen molar-refractivity contribution in [3.05, 3.63) is 57.6 Å². The van der Waals surface area contributed by atoms with Crippen LogP contribution >= 0.6 is 0 Å². The number of benzene rings is 1. The summed E-state index contributed by atoms with van der Waals surface area (Å²) in [5.74, 6) is 0.0326. The van der Waals surface area contributed by atoms with Crippen LogP contribution < -0.4 is 10.9 Å². The van der Waals surface area contributed by atoms with Gasteiger partial charge in [0.05, 0.1) is 12.1 Å². The molecule has 8 nitrogen and oxygen atoms in total. The number of amides is 1. The molecule has 1 aromatic carbocycles. The number of ether oxygens (including phenoxy) is 1. The van der Waals surface area contributed by atoms with Crippen LogP contribution in [-0.4, -0.2) is 34.1 Å². The number of carbonyl (C=O) groups is 1. The molecule has 4 rings (SSSR count). The molecule has 1 aliphatic rings. The number of aromatic nitrogens is 3. The van der Waals surface area contributed by atoms with Gasteiger partial charge in [0.15, 0.2) is 0 Å². The van der Waals surface area contributed by atoms with E-state index in [1.165, 1.54) is 0 Å². The van der Waals surface area contributed by atoms with Crippen LogP contribution in [0.1, 0.15) is 40.6 Å². The number of rotatable bonds is 5. The Hall–Kier alpha value is -3.00. The average molecular weight is 368 g/mol. The molecule has 1 saturated heterocycles. The molecule has 0 radical (unpaired) electrons. The molecule has 8 heteroatoms.